The zero-order chi connectivity index (χ0) is 9.97. The molecule has 1 aromatic rings. The summed E-state index contributed by atoms with van der Waals surface area (Å²) in [5, 5.41) is 0.874. The fourth-order valence-electron chi connectivity index (χ4n) is 1.51. The number of rotatable bonds is 1. The van der Waals surface area contributed by atoms with Gasteiger partial charge in [-0.05, 0) is 11.3 Å². The Morgan fingerprint density at radius 2 is 2.21 bits per heavy atom. The van der Waals surface area contributed by atoms with Gasteiger partial charge in [0.05, 0.1) is 6.42 Å². The Bertz CT molecular complexity index is 398. The first-order valence-corrected chi connectivity index (χ1v) is 5.62. The van der Waals surface area contributed by atoms with E-state index in [0.29, 0.717) is 6.42 Å². The second kappa shape index (κ2) is 3.96. The number of nitrogens with zero attached hydrogens (tertiary/aromatic N) is 1. The maximum atomic E-state index is 11.3. The molecule has 0 bridgehead atoms. The van der Waals surface area contributed by atoms with Crippen LogP contribution in [-0.4, -0.2) is 16.7 Å². The molecule has 0 spiro atoms. The zero-order valence-corrected chi connectivity index (χ0v) is 8.80. The number of carbonyl (C=O) groups excluding carboxylic acids is 1. The third kappa shape index (κ3) is 1.73. The highest BCUT2D eigenvalue weighted by Gasteiger charge is 2.17. The van der Waals surface area contributed by atoms with Crippen molar-refractivity contribution < 1.29 is 4.79 Å². The Morgan fingerprint density at radius 1 is 1.43 bits per heavy atom. The molecular formula is C11H11NOS. The van der Waals surface area contributed by atoms with Crippen LogP contribution in [0.25, 0.3) is 0 Å². The van der Waals surface area contributed by atoms with Gasteiger partial charge in [0.15, 0.2) is 0 Å². The lowest BCUT2D eigenvalue weighted by Crippen LogP contribution is -2.14. The number of hydrogen-bond acceptors (Lipinski definition) is 2. The third-order valence-corrected chi connectivity index (χ3v) is 2.97. The molecular weight excluding hydrogens is 194 g/mol. The number of amides is 1. The molecule has 0 N–H and O–H groups in total. The molecule has 1 aliphatic heterocycles. The molecule has 0 atom stereocenters. The number of thioether (sulfide) groups is 1. The van der Waals surface area contributed by atoms with Gasteiger partial charge in [-0.2, -0.15) is 0 Å². The van der Waals surface area contributed by atoms with Crippen LogP contribution in [-0.2, 0) is 11.2 Å². The van der Waals surface area contributed by atoms with Crippen molar-refractivity contribution in [2.45, 2.75) is 13.3 Å². The largest absolute Gasteiger partial charge is 0.272 e. The molecule has 1 aliphatic rings. The average Bonchev–Trinajstić information content (AvgIpc) is 2.18. The highest BCUT2D eigenvalue weighted by atomic mass is 32.2. The molecule has 1 amide bonds. The SMILES string of the molecule is CCSC1=NC(=O)Cc2ccccc21. The summed E-state index contributed by atoms with van der Waals surface area (Å²) in [7, 11) is 0. The lowest BCUT2D eigenvalue weighted by Gasteiger charge is -2.14. The Labute approximate surface area is 87.4 Å². The molecule has 14 heavy (non-hydrogen) atoms. The second-order valence-electron chi connectivity index (χ2n) is 3.08. The van der Waals surface area contributed by atoms with E-state index in [-0.39, 0.29) is 5.91 Å². The summed E-state index contributed by atoms with van der Waals surface area (Å²) in [6.07, 6.45) is 0.448. The minimum Gasteiger partial charge on any atom is -0.272 e. The first-order valence-electron chi connectivity index (χ1n) is 4.64. The normalized spacial score (nSPS) is 14.9. The molecule has 2 nitrogen and oxygen atoms in total. The van der Waals surface area contributed by atoms with E-state index in [2.05, 4.69) is 11.9 Å². The quantitative estimate of drug-likeness (QED) is 0.704. The van der Waals surface area contributed by atoms with Crippen molar-refractivity contribution in [3.8, 4) is 0 Å². The third-order valence-electron chi connectivity index (χ3n) is 2.10. The maximum absolute atomic E-state index is 11.3. The van der Waals surface area contributed by atoms with Crippen molar-refractivity contribution in [3.63, 3.8) is 0 Å². The maximum Gasteiger partial charge on any atom is 0.251 e. The van der Waals surface area contributed by atoms with Crippen LogP contribution in [0.5, 0.6) is 0 Å². The van der Waals surface area contributed by atoms with Crippen molar-refractivity contribution in [1.29, 1.82) is 0 Å². The van der Waals surface area contributed by atoms with Crippen LogP contribution < -0.4 is 0 Å². The van der Waals surface area contributed by atoms with Gasteiger partial charge >= 0.3 is 0 Å². The average molecular weight is 205 g/mol. The Morgan fingerprint density at radius 3 is 3.00 bits per heavy atom. The summed E-state index contributed by atoms with van der Waals surface area (Å²) in [5.41, 5.74) is 2.22. The van der Waals surface area contributed by atoms with Gasteiger partial charge in [-0.3, -0.25) is 4.79 Å². The molecule has 0 radical (unpaired) electrons. The van der Waals surface area contributed by atoms with E-state index < -0.39 is 0 Å². The molecule has 0 saturated heterocycles. The molecule has 0 saturated carbocycles. The fraction of sp³-hybridized carbons (Fsp3) is 0.273. The monoisotopic (exact) mass is 205 g/mol. The van der Waals surface area contributed by atoms with Crippen LogP contribution >= 0.6 is 11.8 Å². The standard InChI is InChI=1S/C11H11NOS/c1-2-14-11-9-6-4-3-5-8(9)7-10(13)12-11/h3-6H,2,7H2,1H3. The van der Waals surface area contributed by atoms with E-state index in [0.717, 1.165) is 21.9 Å². The van der Waals surface area contributed by atoms with E-state index in [9.17, 15) is 4.79 Å². The molecule has 1 heterocycles. The van der Waals surface area contributed by atoms with Gasteiger partial charge in [0, 0.05) is 5.56 Å². The fourth-order valence-corrected chi connectivity index (χ4v) is 2.30. The predicted molar refractivity (Wildman–Crippen MR) is 59.8 cm³/mol. The van der Waals surface area contributed by atoms with Crippen LogP contribution in [0.1, 0.15) is 18.1 Å². The van der Waals surface area contributed by atoms with Crippen molar-refractivity contribution in [3.05, 3.63) is 35.4 Å². The lowest BCUT2D eigenvalue weighted by molar-refractivity contribution is -0.117. The van der Waals surface area contributed by atoms with Gasteiger partial charge < -0.3 is 0 Å². The zero-order valence-electron chi connectivity index (χ0n) is 7.99. The minimum absolute atomic E-state index is 0.0281. The number of hydrogen-bond donors (Lipinski definition) is 0. The molecule has 1 aromatic carbocycles. The Balaban J connectivity index is 2.44. The summed E-state index contributed by atoms with van der Waals surface area (Å²) >= 11 is 1.63. The van der Waals surface area contributed by atoms with Crippen molar-refractivity contribution >= 4 is 22.7 Å². The van der Waals surface area contributed by atoms with Crippen LogP contribution in [0.4, 0.5) is 0 Å². The number of aliphatic imine (C=N–C) groups is 1. The summed E-state index contributed by atoms with van der Waals surface area (Å²) in [5.74, 6) is 0.917. The van der Waals surface area contributed by atoms with E-state index in [1.54, 1.807) is 11.8 Å². The van der Waals surface area contributed by atoms with E-state index >= 15 is 0 Å². The van der Waals surface area contributed by atoms with Gasteiger partial charge in [0.25, 0.3) is 5.91 Å². The van der Waals surface area contributed by atoms with E-state index in [1.807, 2.05) is 24.3 Å². The number of carbonyl (C=O) groups is 1. The molecule has 3 heteroatoms. The number of fused-ring (bicyclic) bond motifs is 1. The number of benzene rings is 1. The van der Waals surface area contributed by atoms with Gasteiger partial charge in [0.2, 0.25) is 0 Å². The van der Waals surface area contributed by atoms with Crippen molar-refractivity contribution in [1.82, 2.24) is 0 Å². The molecule has 72 valence electrons. The highest BCUT2D eigenvalue weighted by Crippen LogP contribution is 2.22. The second-order valence-corrected chi connectivity index (χ2v) is 4.33. The topological polar surface area (TPSA) is 29.4 Å². The van der Waals surface area contributed by atoms with Crippen molar-refractivity contribution in [2.24, 2.45) is 4.99 Å². The Hall–Kier alpha value is -1.09. The summed E-state index contributed by atoms with van der Waals surface area (Å²) < 4.78 is 0. The molecule has 0 unspecified atom stereocenters. The predicted octanol–water partition coefficient (Wildman–Crippen LogP) is 2.27. The lowest BCUT2D eigenvalue weighted by atomic mass is 10.0. The van der Waals surface area contributed by atoms with Crippen LogP contribution in [0.2, 0.25) is 0 Å². The van der Waals surface area contributed by atoms with Gasteiger partial charge in [0.1, 0.15) is 5.04 Å². The van der Waals surface area contributed by atoms with E-state index in [1.165, 1.54) is 0 Å². The molecule has 0 aromatic heterocycles. The highest BCUT2D eigenvalue weighted by molar-refractivity contribution is 8.14. The first kappa shape index (κ1) is 9.46. The summed E-state index contributed by atoms with van der Waals surface area (Å²) in [6.45, 7) is 2.06. The minimum atomic E-state index is -0.0281. The first-order chi connectivity index (χ1) is 6.81. The van der Waals surface area contributed by atoms with Crippen LogP contribution in [0, 0.1) is 0 Å². The smallest absolute Gasteiger partial charge is 0.251 e. The Kier molecular flexibility index (Phi) is 2.68. The molecule has 2 rings (SSSR count). The summed E-state index contributed by atoms with van der Waals surface area (Å²) in [4.78, 5) is 15.4. The van der Waals surface area contributed by atoms with Gasteiger partial charge in [-0.1, -0.05) is 31.2 Å². The van der Waals surface area contributed by atoms with Crippen LogP contribution in [0.15, 0.2) is 29.3 Å². The molecule has 0 aliphatic carbocycles. The van der Waals surface area contributed by atoms with Gasteiger partial charge in [-0.15, -0.1) is 11.8 Å². The summed E-state index contributed by atoms with van der Waals surface area (Å²) in [6, 6.07) is 7.98. The van der Waals surface area contributed by atoms with Gasteiger partial charge in [-0.25, -0.2) is 4.99 Å². The van der Waals surface area contributed by atoms with E-state index in [4.69, 9.17) is 0 Å². The molecule has 0 fully saturated rings. The van der Waals surface area contributed by atoms with Crippen molar-refractivity contribution in [2.75, 3.05) is 5.75 Å². The van der Waals surface area contributed by atoms with Crippen LogP contribution in [0.3, 0.4) is 0 Å².